The molecule has 2 aromatic carbocycles. The normalized spacial score (nSPS) is 10.7. The van der Waals surface area contributed by atoms with E-state index in [0.29, 0.717) is 0 Å². The first-order valence-electron chi connectivity index (χ1n) is 5.93. The summed E-state index contributed by atoms with van der Waals surface area (Å²) in [4.78, 5) is 24.2. The Balaban J connectivity index is 2.84. The van der Waals surface area contributed by atoms with Crippen molar-refractivity contribution in [2.45, 2.75) is 0 Å². The van der Waals surface area contributed by atoms with Gasteiger partial charge in [-0.25, -0.2) is 4.79 Å². The second-order valence-corrected chi connectivity index (χ2v) is 6.83. The third kappa shape index (κ3) is 3.17. The van der Waals surface area contributed by atoms with Gasteiger partial charge in [0, 0.05) is 6.07 Å². The molecule has 0 amide bonds. The van der Waals surface area contributed by atoms with E-state index < -0.39 is 38.7 Å². The van der Waals surface area contributed by atoms with Gasteiger partial charge in [-0.15, -0.1) is 0 Å². The zero-order chi connectivity index (χ0) is 18.3. The maximum atomic E-state index is 12.7. The number of aromatic carboxylic acids is 1. The monoisotopic (exact) mass is 472 g/mol. The van der Waals surface area contributed by atoms with Gasteiger partial charge in [0.25, 0.3) is 0 Å². The van der Waals surface area contributed by atoms with Crippen molar-refractivity contribution in [3.63, 3.8) is 0 Å². The number of hydrogen-bond donors (Lipinski definition) is 3. The number of ketones is 1. The molecule has 2 rings (SSSR count). The van der Waals surface area contributed by atoms with Crippen molar-refractivity contribution in [2.75, 3.05) is 0 Å². The number of carboxylic acids is 1. The molecule has 0 spiro atoms. The predicted octanol–water partition coefficient (Wildman–Crippen LogP) is 5.40. The van der Waals surface area contributed by atoms with Gasteiger partial charge < -0.3 is 15.3 Å². The molecular weight excluding hydrogens is 470 g/mol. The second kappa shape index (κ2) is 6.98. The highest BCUT2D eigenvalue weighted by atomic mass is 79.9. The lowest BCUT2D eigenvalue weighted by Gasteiger charge is -2.14. The molecule has 0 unspecified atom stereocenters. The molecule has 0 saturated heterocycles. The number of hydrogen-bond acceptors (Lipinski definition) is 4. The fourth-order valence-electron chi connectivity index (χ4n) is 1.91. The average Bonchev–Trinajstić information content (AvgIpc) is 2.51. The molecule has 0 fully saturated rings. The van der Waals surface area contributed by atoms with E-state index in [0.717, 1.165) is 12.1 Å². The number of benzene rings is 2. The Labute approximate surface area is 163 Å². The van der Waals surface area contributed by atoms with E-state index in [1.807, 2.05) is 0 Å². The lowest BCUT2D eigenvalue weighted by atomic mass is 9.97. The Morgan fingerprint density at radius 1 is 0.833 bits per heavy atom. The molecule has 3 N–H and O–H groups in total. The maximum absolute atomic E-state index is 12.7. The fraction of sp³-hybridized carbons (Fsp3) is 0. The number of phenolic OH excluding ortho intramolecular Hbond substituents is 2. The van der Waals surface area contributed by atoms with Gasteiger partial charge in [0.1, 0.15) is 11.5 Å². The summed E-state index contributed by atoms with van der Waals surface area (Å²) < 4.78 is 0.0998. The van der Waals surface area contributed by atoms with E-state index >= 15 is 0 Å². The fourth-order valence-corrected chi connectivity index (χ4v) is 3.28. The maximum Gasteiger partial charge on any atom is 0.338 e. The van der Waals surface area contributed by atoms with Crippen LogP contribution < -0.4 is 0 Å². The van der Waals surface area contributed by atoms with Crippen molar-refractivity contribution < 1.29 is 24.9 Å². The lowest BCUT2D eigenvalue weighted by Crippen LogP contribution is -2.12. The summed E-state index contributed by atoms with van der Waals surface area (Å²) in [5, 5.41) is 27.2. The van der Waals surface area contributed by atoms with Gasteiger partial charge in [-0.2, -0.15) is 0 Å². The minimum atomic E-state index is -1.55. The van der Waals surface area contributed by atoms with Crippen LogP contribution in [-0.2, 0) is 0 Å². The molecule has 10 heteroatoms. The van der Waals surface area contributed by atoms with E-state index in [1.165, 1.54) is 0 Å². The van der Waals surface area contributed by atoms with Gasteiger partial charge in [-0.3, -0.25) is 4.79 Å². The van der Waals surface area contributed by atoms with Gasteiger partial charge in [0.2, 0.25) is 0 Å². The van der Waals surface area contributed by atoms with Crippen molar-refractivity contribution in [1.29, 1.82) is 0 Å². The van der Waals surface area contributed by atoms with Crippen LogP contribution >= 0.6 is 62.3 Å². The molecule has 0 radical (unpaired) electrons. The first kappa shape index (κ1) is 19.1. The molecule has 0 heterocycles. The molecular formula is C14H5BrCl4O5. The van der Waals surface area contributed by atoms with Crippen LogP contribution in [0.4, 0.5) is 0 Å². The quantitative estimate of drug-likeness (QED) is 0.314. The summed E-state index contributed by atoms with van der Waals surface area (Å²) in [6.07, 6.45) is 0. The zero-order valence-electron chi connectivity index (χ0n) is 11.2. The van der Waals surface area contributed by atoms with Crippen LogP contribution in [-0.4, -0.2) is 27.1 Å². The number of carbonyl (C=O) groups is 2. The minimum Gasteiger partial charge on any atom is -0.507 e. The van der Waals surface area contributed by atoms with Gasteiger partial charge >= 0.3 is 5.97 Å². The molecule has 2 aromatic rings. The van der Waals surface area contributed by atoms with Crippen LogP contribution in [0.15, 0.2) is 16.6 Å². The van der Waals surface area contributed by atoms with Gasteiger partial charge in [-0.05, 0) is 22.0 Å². The molecule has 5 nitrogen and oxygen atoms in total. The number of aromatic hydroxyl groups is 2. The van der Waals surface area contributed by atoms with E-state index in [9.17, 15) is 24.9 Å². The van der Waals surface area contributed by atoms with Crippen LogP contribution in [0.5, 0.6) is 11.5 Å². The van der Waals surface area contributed by atoms with E-state index in [1.54, 1.807) is 0 Å². The molecule has 0 aliphatic rings. The molecule has 0 aliphatic carbocycles. The number of rotatable bonds is 3. The Morgan fingerprint density at radius 3 is 1.83 bits per heavy atom. The van der Waals surface area contributed by atoms with E-state index in [2.05, 4.69) is 15.9 Å². The van der Waals surface area contributed by atoms with Crippen molar-refractivity contribution in [2.24, 2.45) is 0 Å². The highest BCUT2D eigenvalue weighted by Crippen LogP contribution is 2.43. The number of halogens is 5. The largest absolute Gasteiger partial charge is 0.507 e. The summed E-state index contributed by atoms with van der Waals surface area (Å²) in [6.45, 7) is 0. The molecule has 24 heavy (non-hydrogen) atoms. The molecule has 0 aromatic heterocycles. The topological polar surface area (TPSA) is 94.8 Å². The SMILES string of the molecule is O=C(O)c1c(Cl)c(Cl)c(Cl)c(Cl)c1C(=O)c1cc(Br)c(O)cc1O. The van der Waals surface area contributed by atoms with Gasteiger partial charge in [0.05, 0.1) is 41.3 Å². The Hall–Kier alpha value is -1.18. The molecule has 0 aliphatic heterocycles. The number of carboxylic acid groups (broad SMARTS) is 1. The molecule has 126 valence electrons. The smallest absolute Gasteiger partial charge is 0.338 e. The van der Waals surface area contributed by atoms with Crippen molar-refractivity contribution in [3.05, 3.63) is 53.4 Å². The van der Waals surface area contributed by atoms with Crippen LogP contribution in [0.3, 0.4) is 0 Å². The minimum absolute atomic E-state index is 0.0998. The Morgan fingerprint density at radius 2 is 1.33 bits per heavy atom. The van der Waals surface area contributed by atoms with Crippen molar-refractivity contribution >= 4 is 74.1 Å². The van der Waals surface area contributed by atoms with E-state index in [-0.39, 0.29) is 25.8 Å². The van der Waals surface area contributed by atoms with Crippen LogP contribution in [0.1, 0.15) is 26.3 Å². The number of phenols is 2. The zero-order valence-corrected chi connectivity index (χ0v) is 15.8. The van der Waals surface area contributed by atoms with Crippen molar-refractivity contribution in [1.82, 2.24) is 0 Å². The summed E-state index contributed by atoms with van der Waals surface area (Å²) in [5.41, 5.74) is -1.50. The van der Waals surface area contributed by atoms with Crippen LogP contribution in [0, 0.1) is 0 Å². The third-order valence-electron chi connectivity index (χ3n) is 3.02. The van der Waals surface area contributed by atoms with Crippen molar-refractivity contribution in [3.8, 4) is 11.5 Å². The molecule has 0 bridgehead atoms. The number of carbonyl (C=O) groups excluding carboxylic acids is 1. The summed E-state index contributed by atoms with van der Waals surface area (Å²) in [7, 11) is 0. The first-order valence-corrected chi connectivity index (χ1v) is 8.23. The standard InChI is InChI=1S/C14H5BrCl4O5/c15-4-1-3(5(20)2-6(4)21)13(22)7-8(14(23)24)10(17)12(19)11(18)9(7)16/h1-2,20-21H,(H,23,24). The molecule has 0 atom stereocenters. The Kier molecular flexibility index (Phi) is 5.57. The lowest BCUT2D eigenvalue weighted by molar-refractivity contribution is 0.0693. The first-order chi connectivity index (χ1) is 11.1. The third-order valence-corrected chi connectivity index (χ3v) is 5.46. The van der Waals surface area contributed by atoms with Gasteiger partial charge in [-0.1, -0.05) is 46.4 Å². The summed E-state index contributed by atoms with van der Waals surface area (Å²) in [5.74, 6) is -3.42. The Bertz CT molecular complexity index is 898. The summed E-state index contributed by atoms with van der Waals surface area (Å²) >= 11 is 26.6. The van der Waals surface area contributed by atoms with Crippen LogP contribution in [0.25, 0.3) is 0 Å². The second-order valence-electron chi connectivity index (χ2n) is 4.46. The highest BCUT2D eigenvalue weighted by molar-refractivity contribution is 9.10. The van der Waals surface area contributed by atoms with Gasteiger partial charge in [0.15, 0.2) is 5.78 Å². The summed E-state index contributed by atoms with van der Waals surface area (Å²) in [6, 6.07) is 2.01. The molecule has 0 saturated carbocycles. The predicted molar refractivity (Wildman–Crippen MR) is 94.3 cm³/mol. The van der Waals surface area contributed by atoms with E-state index in [4.69, 9.17) is 46.4 Å². The highest BCUT2D eigenvalue weighted by Gasteiger charge is 2.30. The average molecular weight is 475 g/mol. The van der Waals surface area contributed by atoms with Crippen LogP contribution in [0.2, 0.25) is 20.1 Å².